The molecule has 1 fully saturated rings. The molecule has 17 heavy (non-hydrogen) atoms. The summed E-state index contributed by atoms with van der Waals surface area (Å²) in [7, 11) is 0. The third kappa shape index (κ3) is 4.37. The van der Waals surface area contributed by atoms with E-state index in [0.717, 1.165) is 19.0 Å². The molecule has 0 bridgehead atoms. The lowest BCUT2D eigenvalue weighted by molar-refractivity contribution is 0.162. The fourth-order valence-electron chi connectivity index (χ4n) is 2.41. The van der Waals surface area contributed by atoms with Crippen molar-refractivity contribution >= 4 is 11.3 Å². The van der Waals surface area contributed by atoms with Crippen LogP contribution in [0.5, 0.6) is 0 Å². The molecule has 1 N–H and O–H groups in total. The fraction of sp³-hybridized carbons (Fsp3) is 0.769. The molecule has 0 spiro atoms. The molecule has 1 saturated heterocycles. The van der Waals surface area contributed by atoms with E-state index >= 15 is 0 Å². The average Bonchev–Trinajstić information content (AvgIpc) is 2.80. The van der Waals surface area contributed by atoms with Gasteiger partial charge in [0.25, 0.3) is 0 Å². The van der Waals surface area contributed by atoms with Crippen LogP contribution < -0.4 is 5.32 Å². The smallest absolute Gasteiger partial charge is 0.0795 e. The maximum absolute atomic E-state index is 4.37. The predicted molar refractivity (Wildman–Crippen MR) is 73.3 cm³/mol. The van der Waals surface area contributed by atoms with E-state index in [1.54, 1.807) is 11.3 Å². The van der Waals surface area contributed by atoms with Crippen LogP contribution in [0.2, 0.25) is 0 Å². The van der Waals surface area contributed by atoms with Crippen molar-refractivity contribution in [2.24, 2.45) is 5.92 Å². The zero-order valence-electron chi connectivity index (χ0n) is 10.9. The van der Waals surface area contributed by atoms with Gasteiger partial charge in [-0.1, -0.05) is 13.8 Å². The van der Waals surface area contributed by atoms with Gasteiger partial charge in [-0.15, -0.1) is 11.3 Å². The van der Waals surface area contributed by atoms with Gasteiger partial charge in [-0.25, -0.2) is 4.98 Å². The number of nitrogens with one attached hydrogen (secondary N) is 1. The molecule has 0 aromatic carbocycles. The summed E-state index contributed by atoms with van der Waals surface area (Å²) in [5.74, 6) is 0.810. The third-order valence-electron chi connectivity index (χ3n) is 3.29. The lowest BCUT2D eigenvalue weighted by atomic mass is 9.97. The minimum absolute atomic E-state index is 0.601. The van der Waals surface area contributed by atoms with E-state index in [0.29, 0.717) is 6.04 Å². The molecular weight excluding hydrogens is 230 g/mol. The van der Waals surface area contributed by atoms with Crippen LogP contribution in [0, 0.1) is 5.92 Å². The van der Waals surface area contributed by atoms with E-state index in [1.165, 1.54) is 31.6 Å². The van der Waals surface area contributed by atoms with Gasteiger partial charge in [0.05, 0.1) is 11.2 Å². The predicted octanol–water partition coefficient (Wildman–Crippen LogP) is 2.35. The first-order chi connectivity index (χ1) is 8.24. The van der Waals surface area contributed by atoms with E-state index in [4.69, 9.17) is 0 Å². The Morgan fingerprint density at radius 2 is 2.47 bits per heavy atom. The number of hydrogen-bond acceptors (Lipinski definition) is 4. The van der Waals surface area contributed by atoms with Crippen molar-refractivity contribution in [1.82, 2.24) is 15.2 Å². The molecule has 1 aromatic heterocycles. The first kappa shape index (κ1) is 13.0. The number of nitrogens with zero attached hydrogens (tertiary/aromatic N) is 2. The molecule has 2 heterocycles. The molecule has 0 amide bonds. The number of likely N-dealkylation sites (tertiary alicyclic amines) is 1. The van der Waals surface area contributed by atoms with Crippen molar-refractivity contribution in [3.05, 3.63) is 16.6 Å². The average molecular weight is 253 g/mol. The molecule has 1 aromatic rings. The Bertz CT molecular complexity index is 310. The van der Waals surface area contributed by atoms with Crippen molar-refractivity contribution < 1.29 is 0 Å². The van der Waals surface area contributed by atoms with Gasteiger partial charge in [0.2, 0.25) is 0 Å². The molecule has 1 aliphatic heterocycles. The molecule has 3 nitrogen and oxygen atoms in total. The molecular formula is C13H23N3S. The summed E-state index contributed by atoms with van der Waals surface area (Å²) in [5, 5.41) is 5.72. The molecule has 0 radical (unpaired) electrons. The topological polar surface area (TPSA) is 28.2 Å². The lowest BCUT2D eigenvalue weighted by Crippen LogP contribution is -2.40. The summed E-state index contributed by atoms with van der Waals surface area (Å²) in [4.78, 5) is 6.92. The largest absolute Gasteiger partial charge is 0.314 e. The number of piperidine rings is 1. The summed E-state index contributed by atoms with van der Waals surface area (Å²) in [6.07, 6.45) is 2.70. The Hall–Kier alpha value is -0.450. The van der Waals surface area contributed by atoms with Crippen LogP contribution in [0.25, 0.3) is 0 Å². The molecule has 0 aliphatic carbocycles. The molecule has 2 rings (SSSR count). The molecule has 1 atom stereocenters. The SMILES string of the molecule is CC(C)NCC1CCCN(Cc2cscn2)C1. The van der Waals surface area contributed by atoms with Gasteiger partial charge in [-0.05, 0) is 31.8 Å². The highest BCUT2D eigenvalue weighted by Crippen LogP contribution is 2.18. The maximum Gasteiger partial charge on any atom is 0.0795 e. The Kier molecular flexibility index (Phi) is 4.95. The fourth-order valence-corrected chi connectivity index (χ4v) is 2.96. The summed E-state index contributed by atoms with van der Waals surface area (Å²) in [6, 6.07) is 0.601. The van der Waals surface area contributed by atoms with Gasteiger partial charge in [-0.3, -0.25) is 4.90 Å². The Balaban J connectivity index is 1.76. The maximum atomic E-state index is 4.37. The second-order valence-electron chi connectivity index (χ2n) is 5.29. The van der Waals surface area contributed by atoms with Crippen LogP contribution in [-0.2, 0) is 6.54 Å². The first-order valence-electron chi connectivity index (χ1n) is 6.57. The zero-order valence-corrected chi connectivity index (χ0v) is 11.7. The lowest BCUT2D eigenvalue weighted by Gasteiger charge is -2.32. The Morgan fingerprint density at radius 1 is 1.59 bits per heavy atom. The van der Waals surface area contributed by atoms with Gasteiger partial charge >= 0.3 is 0 Å². The highest BCUT2D eigenvalue weighted by atomic mass is 32.1. The van der Waals surface area contributed by atoms with E-state index in [9.17, 15) is 0 Å². The van der Waals surface area contributed by atoms with E-state index in [-0.39, 0.29) is 0 Å². The molecule has 1 unspecified atom stereocenters. The van der Waals surface area contributed by atoms with Crippen LogP contribution in [-0.4, -0.2) is 35.6 Å². The highest BCUT2D eigenvalue weighted by molar-refractivity contribution is 7.07. The van der Waals surface area contributed by atoms with Crippen molar-refractivity contribution in [3.8, 4) is 0 Å². The number of aromatic nitrogens is 1. The van der Waals surface area contributed by atoms with E-state index in [2.05, 4.69) is 34.4 Å². The normalized spacial score (nSPS) is 22.2. The molecule has 0 saturated carbocycles. The van der Waals surface area contributed by atoms with Gasteiger partial charge in [-0.2, -0.15) is 0 Å². The zero-order chi connectivity index (χ0) is 12.1. The first-order valence-corrected chi connectivity index (χ1v) is 7.51. The van der Waals surface area contributed by atoms with Crippen molar-refractivity contribution in [2.75, 3.05) is 19.6 Å². The third-order valence-corrected chi connectivity index (χ3v) is 3.92. The minimum Gasteiger partial charge on any atom is -0.314 e. The monoisotopic (exact) mass is 253 g/mol. The summed E-state index contributed by atoms with van der Waals surface area (Å²) >= 11 is 1.69. The minimum atomic E-state index is 0.601. The van der Waals surface area contributed by atoms with Crippen molar-refractivity contribution in [1.29, 1.82) is 0 Å². The number of hydrogen-bond donors (Lipinski definition) is 1. The molecule has 1 aliphatic rings. The molecule has 96 valence electrons. The second kappa shape index (κ2) is 6.47. The quantitative estimate of drug-likeness (QED) is 0.873. The number of rotatable bonds is 5. The van der Waals surface area contributed by atoms with Crippen LogP contribution >= 0.6 is 11.3 Å². The van der Waals surface area contributed by atoms with Crippen LogP contribution in [0.15, 0.2) is 10.9 Å². The standard InChI is InChI=1S/C13H23N3S/c1-11(2)14-6-12-4-3-5-16(7-12)8-13-9-17-10-15-13/h9-12,14H,3-8H2,1-2H3. The van der Waals surface area contributed by atoms with Crippen LogP contribution in [0.3, 0.4) is 0 Å². The van der Waals surface area contributed by atoms with Gasteiger partial charge < -0.3 is 5.32 Å². The van der Waals surface area contributed by atoms with E-state index < -0.39 is 0 Å². The van der Waals surface area contributed by atoms with Gasteiger partial charge in [0, 0.05) is 24.5 Å². The Morgan fingerprint density at radius 3 is 3.18 bits per heavy atom. The van der Waals surface area contributed by atoms with Gasteiger partial charge in [0.1, 0.15) is 0 Å². The summed E-state index contributed by atoms with van der Waals surface area (Å²) in [6.45, 7) is 9.08. The highest BCUT2D eigenvalue weighted by Gasteiger charge is 2.20. The molecule has 4 heteroatoms. The van der Waals surface area contributed by atoms with Gasteiger partial charge in [0.15, 0.2) is 0 Å². The summed E-state index contributed by atoms with van der Waals surface area (Å²) < 4.78 is 0. The second-order valence-corrected chi connectivity index (χ2v) is 6.00. The van der Waals surface area contributed by atoms with Crippen LogP contribution in [0.1, 0.15) is 32.4 Å². The van der Waals surface area contributed by atoms with Crippen LogP contribution in [0.4, 0.5) is 0 Å². The number of thiazole rings is 1. The van der Waals surface area contributed by atoms with Crippen molar-refractivity contribution in [3.63, 3.8) is 0 Å². The summed E-state index contributed by atoms with van der Waals surface area (Å²) in [5.41, 5.74) is 3.16. The van der Waals surface area contributed by atoms with E-state index in [1.807, 2.05) is 5.51 Å². The Labute approximate surface area is 108 Å². The van der Waals surface area contributed by atoms with Crippen molar-refractivity contribution in [2.45, 2.75) is 39.3 Å².